The van der Waals surface area contributed by atoms with Crippen LogP contribution in [0.25, 0.3) is 0 Å². The van der Waals surface area contributed by atoms with E-state index in [2.05, 4.69) is 0 Å². The predicted molar refractivity (Wildman–Crippen MR) is 83.2 cm³/mol. The first-order valence-electron chi connectivity index (χ1n) is 7.60. The number of methoxy groups -OCH3 is 1. The minimum atomic E-state index is -0.319. The van der Waals surface area contributed by atoms with E-state index in [0.717, 1.165) is 6.42 Å². The van der Waals surface area contributed by atoms with Crippen LogP contribution in [-0.4, -0.2) is 41.6 Å². The Labute approximate surface area is 133 Å². The molecule has 6 atom stereocenters. The molecule has 4 fully saturated rings. The second-order valence-electron chi connectivity index (χ2n) is 6.34. The fraction of sp³-hybridized carbons (Fsp3) is 0.529. The van der Waals surface area contributed by atoms with Crippen LogP contribution >= 0.6 is 11.8 Å². The molecule has 4 aliphatic rings. The van der Waals surface area contributed by atoms with Crippen molar-refractivity contribution < 1.29 is 19.1 Å². The number of Topliss-reactive ketones (excluding diaryl/α,β-unsaturated/α-hetero) is 1. The molecule has 2 aliphatic carbocycles. The first-order chi connectivity index (χ1) is 10.6. The third-order valence-corrected chi connectivity index (χ3v) is 7.08. The minimum Gasteiger partial charge on any atom is -0.457 e. The molecule has 0 spiro atoms. The highest BCUT2D eigenvalue weighted by Gasteiger charge is 2.67. The number of ether oxygens (including phenoxy) is 2. The molecule has 22 heavy (non-hydrogen) atoms. The van der Waals surface area contributed by atoms with Gasteiger partial charge in [0.15, 0.2) is 5.78 Å². The van der Waals surface area contributed by atoms with Gasteiger partial charge in [0, 0.05) is 35.0 Å². The quantitative estimate of drug-likeness (QED) is 0.631. The second-order valence-corrected chi connectivity index (χ2v) is 7.70. The van der Waals surface area contributed by atoms with Crippen molar-refractivity contribution in [1.29, 1.82) is 0 Å². The van der Waals surface area contributed by atoms with E-state index in [0.29, 0.717) is 39.6 Å². The minimum absolute atomic E-state index is 0.000107. The van der Waals surface area contributed by atoms with Crippen LogP contribution < -0.4 is 0 Å². The summed E-state index contributed by atoms with van der Waals surface area (Å²) in [6.07, 6.45) is 1.43. The highest BCUT2D eigenvalue weighted by molar-refractivity contribution is 8.01. The van der Waals surface area contributed by atoms with Gasteiger partial charge in [-0.25, -0.2) is 4.79 Å². The Balaban J connectivity index is 1.49. The van der Waals surface area contributed by atoms with Gasteiger partial charge in [-0.05, 0) is 25.5 Å². The smallest absolute Gasteiger partial charge is 0.338 e. The molecule has 0 amide bonds. The average molecular weight is 318 g/mol. The maximum atomic E-state index is 12.4. The lowest BCUT2D eigenvalue weighted by Crippen LogP contribution is -2.37. The Bertz CT molecular complexity index is 625. The number of hydrogen-bond donors (Lipinski definition) is 0. The molecule has 0 N–H and O–H groups in total. The van der Waals surface area contributed by atoms with Crippen LogP contribution in [0.1, 0.15) is 34.1 Å². The maximum Gasteiger partial charge on any atom is 0.338 e. The Morgan fingerprint density at radius 3 is 2.41 bits per heavy atom. The van der Waals surface area contributed by atoms with Crippen LogP contribution in [0.2, 0.25) is 0 Å². The van der Waals surface area contributed by atoms with Gasteiger partial charge in [-0.2, -0.15) is 0 Å². The van der Waals surface area contributed by atoms with Gasteiger partial charge in [-0.15, -0.1) is 11.8 Å². The third kappa shape index (κ3) is 1.95. The van der Waals surface area contributed by atoms with Crippen LogP contribution in [0.4, 0.5) is 0 Å². The van der Waals surface area contributed by atoms with E-state index in [1.54, 1.807) is 31.4 Å². The molecule has 116 valence electrons. The summed E-state index contributed by atoms with van der Waals surface area (Å²) in [5.41, 5.74) is 1.00. The SMILES string of the molecule is COC1C2SC3C(OC(=O)c4cccc(C(C)=O)c4)[C@H]2C[C@H]13. The van der Waals surface area contributed by atoms with Crippen molar-refractivity contribution in [3.05, 3.63) is 35.4 Å². The number of hydrogen-bond acceptors (Lipinski definition) is 5. The topological polar surface area (TPSA) is 52.6 Å². The van der Waals surface area contributed by atoms with Gasteiger partial charge >= 0.3 is 5.97 Å². The summed E-state index contributed by atoms with van der Waals surface area (Å²) in [5, 5.41) is 0.848. The Morgan fingerprint density at radius 2 is 1.82 bits per heavy atom. The summed E-state index contributed by atoms with van der Waals surface area (Å²) in [6.45, 7) is 1.50. The number of carbonyl (C=O) groups is 2. The van der Waals surface area contributed by atoms with E-state index in [4.69, 9.17) is 9.47 Å². The molecule has 2 aliphatic heterocycles. The largest absolute Gasteiger partial charge is 0.457 e. The average Bonchev–Trinajstić information content (AvgIpc) is 3.23. The van der Waals surface area contributed by atoms with Gasteiger partial charge in [-0.3, -0.25) is 4.79 Å². The van der Waals surface area contributed by atoms with Gasteiger partial charge in [0.25, 0.3) is 0 Å². The fourth-order valence-corrected chi connectivity index (χ4v) is 6.44. The van der Waals surface area contributed by atoms with Gasteiger partial charge in [-0.1, -0.05) is 12.1 Å². The molecular weight excluding hydrogens is 300 g/mol. The first kappa shape index (κ1) is 14.3. The van der Waals surface area contributed by atoms with Crippen LogP contribution in [-0.2, 0) is 9.47 Å². The molecule has 4 unspecified atom stereocenters. The molecule has 2 saturated carbocycles. The molecule has 5 rings (SSSR count). The van der Waals surface area contributed by atoms with Crippen molar-refractivity contribution in [2.75, 3.05) is 7.11 Å². The number of carbonyl (C=O) groups excluding carboxylic acids is 2. The van der Waals surface area contributed by atoms with Crippen molar-refractivity contribution in [3.8, 4) is 0 Å². The molecule has 1 aromatic carbocycles. The van der Waals surface area contributed by atoms with E-state index < -0.39 is 0 Å². The number of benzene rings is 1. The summed E-state index contributed by atoms with van der Waals surface area (Å²) in [6, 6.07) is 6.77. The number of ketones is 1. The lowest BCUT2D eigenvalue weighted by molar-refractivity contribution is 0.00406. The number of esters is 1. The third-order valence-electron chi connectivity index (χ3n) is 5.21. The summed E-state index contributed by atoms with van der Waals surface area (Å²) in [7, 11) is 1.77. The summed E-state index contributed by atoms with van der Waals surface area (Å²) in [5.74, 6) is 0.576. The van der Waals surface area contributed by atoms with E-state index in [1.165, 1.54) is 6.92 Å². The molecule has 0 radical (unpaired) electrons. The van der Waals surface area contributed by atoms with Crippen molar-refractivity contribution in [3.63, 3.8) is 0 Å². The zero-order chi connectivity index (χ0) is 15.4. The second kappa shape index (κ2) is 5.10. The van der Waals surface area contributed by atoms with Gasteiger partial charge in [0.1, 0.15) is 6.10 Å². The molecule has 1 aromatic rings. The van der Waals surface area contributed by atoms with Crippen molar-refractivity contribution in [1.82, 2.24) is 0 Å². The molecule has 0 aromatic heterocycles. The molecular formula is C17H18O4S. The van der Waals surface area contributed by atoms with Gasteiger partial charge in [0.05, 0.1) is 11.7 Å². The monoisotopic (exact) mass is 318 g/mol. The zero-order valence-electron chi connectivity index (χ0n) is 12.5. The first-order valence-corrected chi connectivity index (χ1v) is 8.54. The molecule has 4 bridgehead atoms. The predicted octanol–water partition coefficient (Wildman–Crippen LogP) is 2.56. The van der Waals surface area contributed by atoms with Gasteiger partial charge in [0.2, 0.25) is 0 Å². The molecule has 4 nitrogen and oxygen atoms in total. The molecule has 2 heterocycles. The standard InChI is InChI=1S/C17H18O4S/c1-8(18)9-4-3-5-10(6-9)17(19)21-14-12-7-11-13(20-2)15(12)22-16(11)14/h3-6,11-16H,7H2,1-2H3/t11-,12-,13?,14?,15?,16?/m1/s1. The lowest BCUT2D eigenvalue weighted by Gasteiger charge is -2.25. The highest BCUT2D eigenvalue weighted by atomic mass is 32.2. The van der Waals surface area contributed by atoms with E-state index in [1.807, 2.05) is 11.8 Å². The maximum absolute atomic E-state index is 12.4. The van der Waals surface area contributed by atoms with Crippen molar-refractivity contribution >= 4 is 23.5 Å². The summed E-state index contributed by atoms with van der Waals surface area (Å²) >= 11 is 1.92. The Kier molecular flexibility index (Phi) is 3.31. The van der Waals surface area contributed by atoms with Crippen LogP contribution in [0, 0.1) is 11.8 Å². The van der Waals surface area contributed by atoms with E-state index in [9.17, 15) is 9.59 Å². The fourth-order valence-electron chi connectivity index (χ4n) is 4.26. The van der Waals surface area contributed by atoms with Gasteiger partial charge < -0.3 is 9.47 Å². The Morgan fingerprint density at radius 1 is 1.14 bits per heavy atom. The molecule has 2 saturated heterocycles. The van der Waals surface area contributed by atoms with E-state index in [-0.39, 0.29) is 17.9 Å². The lowest BCUT2D eigenvalue weighted by atomic mass is 9.95. The van der Waals surface area contributed by atoms with Crippen molar-refractivity contribution in [2.24, 2.45) is 11.8 Å². The van der Waals surface area contributed by atoms with Crippen LogP contribution in [0.15, 0.2) is 24.3 Å². The normalized spacial score (nSPS) is 37.7. The van der Waals surface area contributed by atoms with Crippen LogP contribution in [0.5, 0.6) is 0 Å². The highest BCUT2D eigenvalue weighted by Crippen LogP contribution is 2.64. The Hall–Kier alpha value is -1.33. The zero-order valence-corrected chi connectivity index (χ0v) is 13.3. The number of rotatable bonds is 4. The molecule has 5 heteroatoms. The van der Waals surface area contributed by atoms with Crippen LogP contribution in [0.3, 0.4) is 0 Å². The number of thioether (sulfide) groups is 1. The summed E-state index contributed by atoms with van der Waals surface area (Å²) < 4.78 is 11.4. The van der Waals surface area contributed by atoms with Crippen molar-refractivity contribution in [2.45, 2.75) is 36.1 Å². The summed E-state index contributed by atoms with van der Waals surface area (Å²) in [4.78, 5) is 23.8. The van der Waals surface area contributed by atoms with E-state index >= 15 is 0 Å².